The first kappa shape index (κ1) is 21.9. The molecule has 0 saturated heterocycles. The molecule has 5 N–H and O–H groups in total. The van der Waals surface area contributed by atoms with Crippen molar-refractivity contribution in [2.24, 2.45) is 5.73 Å². The number of nitrogens with two attached hydrogens (primary N) is 1. The molecule has 1 amide bonds. The number of aromatic nitrogens is 2. The molecule has 0 aliphatic carbocycles. The van der Waals surface area contributed by atoms with Crippen molar-refractivity contribution in [2.75, 3.05) is 6.54 Å². The topological polar surface area (TPSA) is 104 Å². The fourth-order valence-electron chi connectivity index (χ4n) is 2.75. The van der Waals surface area contributed by atoms with Gasteiger partial charge in [-0.1, -0.05) is 6.07 Å². The number of nitrogens with zero attached hydrogens (tertiary/aromatic N) is 1. The molecule has 0 aliphatic heterocycles. The highest BCUT2D eigenvalue weighted by Crippen LogP contribution is 2.33. The van der Waals surface area contributed by atoms with Crippen LogP contribution < -0.4 is 11.1 Å². The van der Waals surface area contributed by atoms with Gasteiger partial charge in [-0.15, -0.1) is 11.3 Å². The molecule has 2 aromatic heterocycles. The van der Waals surface area contributed by atoms with Crippen molar-refractivity contribution in [3.8, 4) is 11.3 Å². The number of amides is 1. The number of hydrogen-bond acceptors (Lipinski definition) is 5. The van der Waals surface area contributed by atoms with Crippen molar-refractivity contribution in [1.82, 2.24) is 15.3 Å². The molecule has 1 unspecified atom stereocenters. The number of carbonyl (C=O) groups is 1. The Kier molecular flexibility index (Phi) is 5.97. The average Bonchev–Trinajstić information content (AvgIpc) is 3.36. The first-order valence-electron chi connectivity index (χ1n) is 8.72. The number of aliphatic hydroxyl groups excluding tert-OH is 1. The fraction of sp³-hybridized carbons (Fsp3) is 0.263. The molecule has 6 nitrogen and oxygen atoms in total. The van der Waals surface area contributed by atoms with Crippen LogP contribution in [0.4, 0.5) is 17.6 Å². The molecule has 30 heavy (non-hydrogen) atoms. The molecule has 0 radical (unpaired) electrons. The third-order valence-corrected chi connectivity index (χ3v) is 5.65. The molecule has 3 rings (SSSR count). The standard InChI is InChI=1S/C19H18F4N4O2S/c1-18(9-24,17-25-11(7-28)8-30-17)27-16(29)15-5-4-14(26-15)10-2-3-12(13(20)6-10)19(21,22)23/h2-6,8,26,28H,7,9,24H2,1H3,(H,27,29). The molecule has 2 heterocycles. The van der Waals surface area contributed by atoms with Crippen molar-refractivity contribution in [2.45, 2.75) is 25.2 Å². The monoisotopic (exact) mass is 442 g/mol. The van der Waals surface area contributed by atoms with Crippen LogP contribution in [0.5, 0.6) is 0 Å². The summed E-state index contributed by atoms with van der Waals surface area (Å²) in [6.45, 7) is 1.48. The predicted octanol–water partition coefficient (Wildman–Crippen LogP) is 3.39. The summed E-state index contributed by atoms with van der Waals surface area (Å²) < 4.78 is 52.0. The van der Waals surface area contributed by atoms with Crippen LogP contribution in [0.3, 0.4) is 0 Å². The van der Waals surface area contributed by atoms with E-state index in [2.05, 4.69) is 15.3 Å². The molecule has 160 valence electrons. The summed E-state index contributed by atoms with van der Waals surface area (Å²) in [6, 6.07) is 5.42. The van der Waals surface area contributed by atoms with Gasteiger partial charge in [-0.25, -0.2) is 9.37 Å². The van der Waals surface area contributed by atoms with E-state index in [4.69, 9.17) is 5.73 Å². The van der Waals surface area contributed by atoms with Crippen molar-refractivity contribution >= 4 is 17.2 Å². The van der Waals surface area contributed by atoms with Crippen LogP contribution in [0.2, 0.25) is 0 Å². The van der Waals surface area contributed by atoms with Crippen molar-refractivity contribution in [1.29, 1.82) is 0 Å². The van der Waals surface area contributed by atoms with Gasteiger partial charge in [-0.05, 0) is 31.2 Å². The zero-order valence-corrected chi connectivity index (χ0v) is 16.5. The van der Waals surface area contributed by atoms with Crippen molar-refractivity contribution < 1.29 is 27.5 Å². The summed E-state index contributed by atoms with van der Waals surface area (Å²) in [5, 5.41) is 14.1. The number of rotatable bonds is 6. The number of thiazole rings is 1. The Labute approximate surface area is 172 Å². The van der Waals surface area contributed by atoms with Gasteiger partial charge in [0.15, 0.2) is 0 Å². The second-order valence-corrected chi connectivity index (χ2v) is 7.63. The normalized spacial score (nSPS) is 13.8. The fourth-order valence-corrected chi connectivity index (χ4v) is 3.69. The van der Waals surface area contributed by atoms with Gasteiger partial charge in [0.1, 0.15) is 22.1 Å². The number of carbonyl (C=O) groups excluding carboxylic acids is 1. The Balaban J connectivity index is 1.81. The van der Waals surface area contributed by atoms with E-state index < -0.39 is 29.0 Å². The zero-order chi connectivity index (χ0) is 22.1. The Morgan fingerprint density at radius 2 is 2.03 bits per heavy atom. The summed E-state index contributed by atoms with van der Waals surface area (Å²) >= 11 is 1.24. The van der Waals surface area contributed by atoms with Crippen LogP contribution in [0.1, 0.15) is 33.7 Å². The molecule has 3 aromatic rings. The largest absolute Gasteiger partial charge is 0.419 e. The van der Waals surface area contributed by atoms with Gasteiger partial charge in [0.25, 0.3) is 5.91 Å². The molecule has 0 saturated carbocycles. The van der Waals surface area contributed by atoms with Crippen LogP contribution in [-0.2, 0) is 18.3 Å². The summed E-state index contributed by atoms with van der Waals surface area (Å²) in [4.78, 5) is 19.7. The van der Waals surface area contributed by atoms with Crippen LogP contribution in [0.15, 0.2) is 35.7 Å². The molecule has 0 bridgehead atoms. The Hall–Kier alpha value is -2.76. The van der Waals surface area contributed by atoms with Crippen LogP contribution in [-0.4, -0.2) is 27.5 Å². The number of aliphatic hydroxyl groups is 1. The van der Waals surface area contributed by atoms with Crippen molar-refractivity contribution in [3.05, 3.63) is 63.5 Å². The van der Waals surface area contributed by atoms with Gasteiger partial charge in [-0.2, -0.15) is 13.2 Å². The first-order chi connectivity index (χ1) is 14.1. The SMILES string of the molecule is CC(CN)(NC(=O)c1ccc(-c2ccc(C(F)(F)F)c(F)c2)[nH]1)c1nc(CO)cs1. The third-order valence-electron chi connectivity index (χ3n) is 4.50. The van der Waals surface area contributed by atoms with Crippen molar-refractivity contribution in [3.63, 3.8) is 0 Å². The van der Waals surface area contributed by atoms with E-state index in [1.165, 1.54) is 23.5 Å². The minimum absolute atomic E-state index is 0.0365. The summed E-state index contributed by atoms with van der Waals surface area (Å²) in [5.41, 5.74) is 4.47. The highest BCUT2D eigenvalue weighted by atomic mass is 32.1. The van der Waals surface area contributed by atoms with Crippen LogP contribution in [0.25, 0.3) is 11.3 Å². The molecule has 11 heteroatoms. The maximum Gasteiger partial charge on any atom is 0.419 e. The average molecular weight is 442 g/mol. The van der Waals surface area contributed by atoms with E-state index >= 15 is 0 Å². The minimum atomic E-state index is -4.79. The van der Waals surface area contributed by atoms with E-state index in [-0.39, 0.29) is 30.1 Å². The van der Waals surface area contributed by atoms with E-state index in [9.17, 15) is 27.5 Å². The molecular formula is C19H18F4N4O2S. The van der Waals surface area contributed by atoms with Crippen LogP contribution >= 0.6 is 11.3 Å². The first-order valence-corrected chi connectivity index (χ1v) is 9.60. The second kappa shape index (κ2) is 8.17. The number of halogens is 4. The number of benzene rings is 1. The van der Waals surface area contributed by atoms with E-state index in [0.29, 0.717) is 16.8 Å². The quantitative estimate of drug-likeness (QED) is 0.439. The van der Waals surface area contributed by atoms with Crippen LogP contribution in [0, 0.1) is 5.82 Å². The summed E-state index contributed by atoms with van der Waals surface area (Å²) in [6.07, 6.45) is -4.79. The van der Waals surface area contributed by atoms with Gasteiger partial charge in [0, 0.05) is 23.2 Å². The van der Waals surface area contributed by atoms with E-state index in [1.807, 2.05) is 0 Å². The lowest BCUT2D eigenvalue weighted by molar-refractivity contribution is -0.139. The molecular weight excluding hydrogens is 424 g/mol. The zero-order valence-electron chi connectivity index (χ0n) is 15.7. The van der Waals surface area contributed by atoms with E-state index in [0.717, 1.165) is 12.1 Å². The number of hydrogen-bond donors (Lipinski definition) is 4. The third kappa shape index (κ3) is 4.37. The summed E-state index contributed by atoms with van der Waals surface area (Å²) in [5.74, 6) is -1.93. The number of nitrogens with one attached hydrogen (secondary N) is 2. The lowest BCUT2D eigenvalue weighted by Gasteiger charge is -2.26. The molecule has 0 aliphatic rings. The smallest absolute Gasteiger partial charge is 0.390 e. The van der Waals surface area contributed by atoms with Gasteiger partial charge >= 0.3 is 6.18 Å². The lowest BCUT2D eigenvalue weighted by Crippen LogP contribution is -2.48. The molecule has 0 fully saturated rings. The van der Waals surface area contributed by atoms with Gasteiger partial charge in [0.2, 0.25) is 0 Å². The number of H-pyrrole nitrogens is 1. The lowest BCUT2D eigenvalue weighted by atomic mass is 10.0. The minimum Gasteiger partial charge on any atom is -0.390 e. The predicted molar refractivity (Wildman–Crippen MR) is 103 cm³/mol. The van der Waals surface area contributed by atoms with Gasteiger partial charge < -0.3 is 21.1 Å². The molecule has 0 spiro atoms. The van der Waals surface area contributed by atoms with E-state index in [1.54, 1.807) is 12.3 Å². The molecule has 1 atom stereocenters. The number of alkyl halides is 3. The Morgan fingerprint density at radius 1 is 1.30 bits per heavy atom. The van der Waals surface area contributed by atoms with Gasteiger partial charge in [0.05, 0.1) is 17.9 Å². The maximum absolute atomic E-state index is 13.8. The maximum atomic E-state index is 13.8. The highest BCUT2D eigenvalue weighted by molar-refractivity contribution is 7.09. The van der Waals surface area contributed by atoms with Gasteiger partial charge in [-0.3, -0.25) is 4.79 Å². The second-order valence-electron chi connectivity index (χ2n) is 6.77. The summed E-state index contributed by atoms with van der Waals surface area (Å²) in [7, 11) is 0. The number of aromatic amines is 1. The Bertz CT molecular complexity index is 1060. The Morgan fingerprint density at radius 3 is 2.60 bits per heavy atom. The highest BCUT2D eigenvalue weighted by Gasteiger charge is 2.34. The molecule has 1 aromatic carbocycles.